The van der Waals surface area contributed by atoms with E-state index in [0.29, 0.717) is 35.5 Å². The summed E-state index contributed by atoms with van der Waals surface area (Å²) in [5.41, 5.74) is 1.07. The van der Waals surface area contributed by atoms with Crippen LogP contribution >= 0.6 is 15.9 Å². The van der Waals surface area contributed by atoms with Crippen LogP contribution in [0.4, 0.5) is 5.69 Å². The fourth-order valence-corrected chi connectivity index (χ4v) is 3.28. The van der Waals surface area contributed by atoms with Gasteiger partial charge in [-0.25, -0.2) is 0 Å². The van der Waals surface area contributed by atoms with E-state index in [1.807, 2.05) is 42.3 Å². The summed E-state index contributed by atoms with van der Waals surface area (Å²) >= 11 is 3.34. The molecule has 1 heterocycles. The van der Waals surface area contributed by atoms with Gasteiger partial charge in [-0.15, -0.1) is 0 Å². The molecule has 0 unspecified atom stereocenters. The lowest BCUT2D eigenvalue weighted by Gasteiger charge is -2.24. The lowest BCUT2D eigenvalue weighted by atomic mass is 10.1. The summed E-state index contributed by atoms with van der Waals surface area (Å²) in [6.45, 7) is 1.39. The normalized spacial score (nSPS) is 13.3. The number of anilines is 1. The van der Waals surface area contributed by atoms with Gasteiger partial charge in [0.25, 0.3) is 5.78 Å². The van der Waals surface area contributed by atoms with Crippen molar-refractivity contribution in [1.82, 2.24) is 4.90 Å². The molecule has 0 radical (unpaired) electrons. The first-order valence-corrected chi connectivity index (χ1v) is 8.90. The molecular weight excluding hydrogens is 400 g/mol. The number of rotatable bonds is 7. The van der Waals surface area contributed by atoms with Gasteiger partial charge in [-0.05, 0) is 59.4 Å². The highest BCUT2D eigenvalue weighted by atomic mass is 79.9. The van der Waals surface area contributed by atoms with Crippen LogP contribution in [0.2, 0.25) is 0 Å². The van der Waals surface area contributed by atoms with Gasteiger partial charge >= 0.3 is 5.91 Å². The minimum absolute atomic E-state index is 0.319. The van der Waals surface area contributed by atoms with E-state index in [4.69, 9.17) is 9.47 Å². The molecule has 26 heavy (non-hydrogen) atoms. The average molecular weight is 419 g/mol. The number of hydrogen-bond acceptors (Lipinski definition) is 5. The molecule has 1 aliphatic rings. The van der Waals surface area contributed by atoms with Crippen LogP contribution in [-0.4, -0.2) is 50.6 Å². The predicted molar refractivity (Wildman–Crippen MR) is 102 cm³/mol. The summed E-state index contributed by atoms with van der Waals surface area (Å²) < 4.78 is 11.5. The van der Waals surface area contributed by atoms with Gasteiger partial charge in [0.2, 0.25) is 0 Å². The van der Waals surface area contributed by atoms with Crippen LogP contribution in [0.5, 0.6) is 11.5 Å². The minimum Gasteiger partial charge on any atom is -0.497 e. The third-order valence-electron chi connectivity index (χ3n) is 4.13. The first-order valence-electron chi connectivity index (χ1n) is 8.11. The van der Waals surface area contributed by atoms with Crippen molar-refractivity contribution in [3.8, 4) is 11.5 Å². The standard InChI is InChI=1S/C19H19BrN2O4/c1-21(10-11-26-14-8-6-13(25-2)7-9-14)12-22-16-5-3-4-15(20)17(16)18(23)19(22)24/h3-9H,10-12H2,1-2H3. The smallest absolute Gasteiger partial charge is 0.300 e. The van der Waals surface area contributed by atoms with E-state index in [1.165, 1.54) is 4.90 Å². The van der Waals surface area contributed by atoms with E-state index < -0.39 is 11.7 Å². The maximum absolute atomic E-state index is 12.3. The number of Topliss-reactive ketones (excluding diaryl/α,β-unsaturated/α-hetero) is 1. The Morgan fingerprint density at radius 2 is 1.77 bits per heavy atom. The second-order valence-electron chi connectivity index (χ2n) is 5.94. The summed E-state index contributed by atoms with van der Waals surface area (Å²) in [5.74, 6) is 0.544. The van der Waals surface area contributed by atoms with Crippen LogP contribution in [0.3, 0.4) is 0 Å². The Balaban J connectivity index is 1.57. The lowest BCUT2D eigenvalue weighted by molar-refractivity contribution is -0.114. The number of carbonyl (C=O) groups excluding carboxylic acids is 2. The number of halogens is 1. The second kappa shape index (κ2) is 7.88. The number of fused-ring (bicyclic) bond motifs is 1. The Morgan fingerprint density at radius 3 is 2.46 bits per heavy atom. The van der Waals surface area contributed by atoms with Crippen LogP contribution in [0, 0.1) is 0 Å². The first-order chi connectivity index (χ1) is 12.5. The number of ketones is 1. The summed E-state index contributed by atoms with van der Waals surface area (Å²) in [7, 11) is 3.50. The average Bonchev–Trinajstić information content (AvgIpc) is 2.88. The van der Waals surface area contributed by atoms with Crippen molar-refractivity contribution in [2.75, 3.05) is 38.9 Å². The van der Waals surface area contributed by atoms with Crippen molar-refractivity contribution in [1.29, 1.82) is 0 Å². The minimum atomic E-state index is -0.505. The number of hydrogen-bond donors (Lipinski definition) is 0. The van der Waals surface area contributed by atoms with Gasteiger partial charge in [0.15, 0.2) is 0 Å². The number of benzene rings is 2. The van der Waals surface area contributed by atoms with Gasteiger partial charge in [0.1, 0.15) is 18.1 Å². The third kappa shape index (κ3) is 3.73. The highest BCUT2D eigenvalue weighted by Crippen LogP contribution is 2.34. The van der Waals surface area contributed by atoms with Crippen LogP contribution in [-0.2, 0) is 4.79 Å². The summed E-state index contributed by atoms with van der Waals surface area (Å²) in [4.78, 5) is 27.9. The van der Waals surface area contributed by atoms with E-state index in [2.05, 4.69) is 15.9 Å². The molecule has 3 rings (SSSR count). The SMILES string of the molecule is COc1ccc(OCCN(C)CN2C(=O)C(=O)c3c(Br)cccc32)cc1. The van der Waals surface area contributed by atoms with Crippen molar-refractivity contribution in [2.24, 2.45) is 0 Å². The molecule has 0 atom stereocenters. The second-order valence-corrected chi connectivity index (χ2v) is 6.80. The maximum atomic E-state index is 12.3. The summed E-state index contributed by atoms with van der Waals surface area (Å²) in [6.07, 6.45) is 0. The van der Waals surface area contributed by atoms with Gasteiger partial charge in [-0.3, -0.25) is 19.4 Å². The van der Waals surface area contributed by atoms with Crippen LogP contribution in [0.15, 0.2) is 46.9 Å². The molecule has 0 aromatic heterocycles. The quantitative estimate of drug-likeness (QED) is 0.646. The van der Waals surface area contributed by atoms with E-state index >= 15 is 0 Å². The van der Waals surface area contributed by atoms with E-state index in [-0.39, 0.29) is 0 Å². The fourth-order valence-electron chi connectivity index (χ4n) is 2.75. The molecule has 0 bridgehead atoms. The van der Waals surface area contributed by atoms with Crippen molar-refractivity contribution in [2.45, 2.75) is 0 Å². The summed E-state index contributed by atoms with van der Waals surface area (Å²) in [6, 6.07) is 12.7. The Morgan fingerprint density at radius 1 is 1.08 bits per heavy atom. The predicted octanol–water partition coefficient (Wildman–Crippen LogP) is 2.96. The number of ether oxygens (including phenoxy) is 2. The molecule has 0 saturated heterocycles. The molecule has 136 valence electrons. The van der Waals surface area contributed by atoms with E-state index in [1.54, 1.807) is 19.2 Å². The van der Waals surface area contributed by atoms with Gasteiger partial charge in [0, 0.05) is 11.0 Å². The Bertz CT molecular complexity index is 823. The molecule has 6 nitrogen and oxygen atoms in total. The molecule has 7 heteroatoms. The number of likely N-dealkylation sites (N-methyl/N-ethyl adjacent to an activating group) is 1. The molecule has 2 aromatic carbocycles. The van der Waals surface area contributed by atoms with Crippen LogP contribution in [0.1, 0.15) is 10.4 Å². The highest BCUT2D eigenvalue weighted by molar-refractivity contribution is 9.10. The Labute approximate surface area is 160 Å². The van der Waals surface area contributed by atoms with Gasteiger partial charge < -0.3 is 9.47 Å². The zero-order valence-corrected chi connectivity index (χ0v) is 16.2. The monoisotopic (exact) mass is 418 g/mol. The largest absolute Gasteiger partial charge is 0.497 e. The Kier molecular flexibility index (Phi) is 5.58. The lowest BCUT2D eigenvalue weighted by Crippen LogP contribution is -2.40. The van der Waals surface area contributed by atoms with Crippen molar-refractivity contribution >= 4 is 33.3 Å². The zero-order chi connectivity index (χ0) is 18.7. The van der Waals surface area contributed by atoms with E-state index in [0.717, 1.165) is 11.5 Å². The molecule has 0 saturated carbocycles. The van der Waals surface area contributed by atoms with Crippen molar-refractivity contribution in [3.05, 3.63) is 52.5 Å². The number of nitrogens with zero attached hydrogens (tertiary/aromatic N) is 2. The van der Waals surface area contributed by atoms with Gasteiger partial charge in [-0.1, -0.05) is 6.07 Å². The molecule has 2 aromatic rings. The molecule has 0 N–H and O–H groups in total. The molecular formula is C19H19BrN2O4. The first kappa shape index (κ1) is 18.4. The van der Waals surface area contributed by atoms with E-state index in [9.17, 15) is 9.59 Å². The summed E-state index contributed by atoms with van der Waals surface area (Å²) in [5, 5.41) is 0. The molecule has 1 aliphatic heterocycles. The topological polar surface area (TPSA) is 59.1 Å². The van der Waals surface area contributed by atoms with Gasteiger partial charge in [0.05, 0.1) is 25.0 Å². The molecule has 0 fully saturated rings. The molecule has 0 aliphatic carbocycles. The fraction of sp³-hybridized carbons (Fsp3) is 0.263. The molecule has 1 amide bonds. The molecule has 0 spiro atoms. The maximum Gasteiger partial charge on any atom is 0.300 e. The number of methoxy groups -OCH3 is 1. The highest BCUT2D eigenvalue weighted by Gasteiger charge is 2.37. The number of carbonyl (C=O) groups is 2. The van der Waals surface area contributed by atoms with Crippen molar-refractivity contribution < 1.29 is 19.1 Å². The number of amides is 1. The van der Waals surface area contributed by atoms with Gasteiger partial charge in [-0.2, -0.15) is 0 Å². The van der Waals surface area contributed by atoms with Crippen LogP contribution < -0.4 is 14.4 Å². The van der Waals surface area contributed by atoms with Crippen LogP contribution in [0.25, 0.3) is 0 Å². The third-order valence-corrected chi connectivity index (χ3v) is 4.79. The zero-order valence-electron chi connectivity index (χ0n) is 14.6. The Hall–Kier alpha value is -2.38. The van der Waals surface area contributed by atoms with Crippen molar-refractivity contribution in [3.63, 3.8) is 0 Å².